The second kappa shape index (κ2) is 12.4. The fraction of sp³-hybridized carbons (Fsp3) is 0.417. The first kappa shape index (κ1) is 21.4. The quantitative estimate of drug-likeness (QED) is 0.536. The molecule has 2 rings (SSSR count). The molecular weight excluding hydrogens is 336 g/mol. The molecule has 0 bridgehead atoms. The van der Waals surface area contributed by atoms with Gasteiger partial charge in [0.2, 0.25) is 0 Å². The summed E-state index contributed by atoms with van der Waals surface area (Å²) in [5.74, 6) is 0.425. The largest absolute Gasteiger partial charge is 0.392 e. The minimum absolute atomic E-state index is 0.1000. The fourth-order valence-corrected chi connectivity index (χ4v) is 2.72. The first-order valence-corrected chi connectivity index (χ1v) is 9.73. The molecule has 3 heteroatoms. The Hall–Kier alpha value is -1.94. The van der Waals surface area contributed by atoms with E-state index in [1.807, 2.05) is 55.5 Å². The Bertz CT molecular complexity index is 639. The maximum absolute atomic E-state index is 10.3. The highest BCUT2D eigenvalue weighted by atomic mass is 16.5. The van der Waals surface area contributed by atoms with Crippen LogP contribution in [0.5, 0.6) is 0 Å². The van der Waals surface area contributed by atoms with E-state index in [1.165, 1.54) is 5.56 Å². The maximum Gasteiger partial charge on any atom is 0.0717 e. The molecule has 0 fully saturated rings. The van der Waals surface area contributed by atoms with Crippen molar-refractivity contribution in [2.45, 2.75) is 39.6 Å². The molecular formula is C24H32O3. The van der Waals surface area contributed by atoms with E-state index in [2.05, 4.69) is 31.2 Å². The van der Waals surface area contributed by atoms with E-state index in [-0.39, 0.29) is 5.92 Å². The lowest BCUT2D eigenvalue weighted by Gasteiger charge is -2.18. The molecule has 0 spiro atoms. The lowest BCUT2D eigenvalue weighted by atomic mass is 10.0. The normalized spacial score (nSPS) is 14.9. The molecule has 27 heavy (non-hydrogen) atoms. The van der Waals surface area contributed by atoms with Gasteiger partial charge >= 0.3 is 0 Å². The number of aliphatic hydroxyl groups is 1. The van der Waals surface area contributed by atoms with Crippen LogP contribution in [0.1, 0.15) is 31.4 Å². The molecule has 2 aromatic carbocycles. The molecule has 3 nitrogen and oxygen atoms in total. The summed E-state index contributed by atoms with van der Waals surface area (Å²) in [6.45, 7) is 6.61. The molecule has 0 heterocycles. The van der Waals surface area contributed by atoms with Crippen LogP contribution >= 0.6 is 0 Å². The van der Waals surface area contributed by atoms with E-state index < -0.39 is 6.10 Å². The van der Waals surface area contributed by atoms with Crippen molar-refractivity contribution in [2.75, 3.05) is 13.2 Å². The third-order valence-corrected chi connectivity index (χ3v) is 4.48. The minimum Gasteiger partial charge on any atom is -0.392 e. The van der Waals surface area contributed by atoms with Crippen LogP contribution in [0.2, 0.25) is 0 Å². The van der Waals surface area contributed by atoms with Gasteiger partial charge in [0.05, 0.1) is 32.5 Å². The van der Waals surface area contributed by atoms with Gasteiger partial charge < -0.3 is 14.6 Å². The molecule has 0 aliphatic rings. The number of ether oxygens (including phenoxy) is 2. The number of hydrogen-bond acceptors (Lipinski definition) is 3. The predicted molar refractivity (Wildman–Crippen MR) is 110 cm³/mol. The van der Waals surface area contributed by atoms with E-state index in [4.69, 9.17) is 9.47 Å². The number of rotatable bonds is 12. The summed E-state index contributed by atoms with van der Waals surface area (Å²) in [6.07, 6.45) is 4.41. The van der Waals surface area contributed by atoms with Gasteiger partial charge in [-0.15, -0.1) is 0 Å². The second-order valence-electron chi connectivity index (χ2n) is 7.19. The third-order valence-electron chi connectivity index (χ3n) is 4.48. The Labute approximate surface area is 163 Å². The van der Waals surface area contributed by atoms with Crippen LogP contribution in [-0.4, -0.2) is 24.4 Å². The molecule has 0 radical (unpaired) electrons. The third kappa shape index (κ3) is 9.00. The molecule has 0 aliphatic heterocycles. The van der Waals surface area contributed by atoms with Gasteiger partial charge in [0.25, 0.3) is 0 Å². The first-order chi connectivity index (χ1) is 13.1. The van der Waals surface area contributed by atoms with Gasteiger partial charge in [-0.05, 0) is 23.5 Å². The summed E-state index contributed by atoms with van der Waals surface area (Å²) in [7, 11) is 0. The predicted octanol–water partition coefficient (Wildman–Crippen LogP) is 5.00. The van der Waals surface area contributed by atoms with Crippen LogP contribution in [-0.2, 0) is 22.7 Å². The highest BCUT2D eigenvalue weighted by Crippen LogP contribution is 2.11. The van der Waals surface area contributed by atoms with Gasteiger partial charge in [0.15, 0.2) is 0 Å². The average Bonchev–Trinajstić information content (AvgIpc) is 2.69. The summed E-state index contributed by atoms with van der Waals surface area (Å²) in [6, 6.07) is 20.3. The van der Waals surface area contributed by atoms with Crippen LogP contribution in [0.15, 0.2) is 72.8 Å². The van der Waals surface area contributed by atoms with Crippen molar-refractivity contribution in [1.29, 1.82) is 0 Å². The zero-order valence-corrected chi connectivity index (χ0v) is 16.5. The molecule has 0 aromatic heterocycles. The van der Waals surface area contributed by atoms with Crippen molar-refractivity contribution in [3.8, 4) is 0 Å². The van der Waals surface area contributed by atoms with Gasteiger partial charge in [-0.3, -0.25) is 0 Å². The van der Waals surface area contributed by atoms with E-state index in [1.54, 1.807) is 0 Å². The van der Waals surface area contributed by atoms with E-state index >= 15 is 0 Å². The number of hydrogen-bond donors (Lipinski definition) is 1. The number of aliphatic hydroxyl groups excluding tert-OH is 1. The summed E-state index contributed by atoms with van der Waals surface area (Å²) < 4.78 is 11.5. The van der Waals surface area contributed by atoms with Gasteiger partial charge in [-0.1, -0.05) is 86.7 Å². The highest BCUT2D eigenvalue weighted by molar-refractivity contribution is 5.14. The zero-order chi connectivity index (χ0) is 19.3. The van der Waals surface area contributed by atoms with Gasteiger partial charge in [0.1, 0.15) is 0 Å². The highest BCUT2D eigenvalue weighted by Gasteiger charge is 2.13. The topological polar surface area (TPSA) is 38.7 Å². The van der Waals surface area contributed by atoms with Crippen molar-refractivity contribution < 1.29 is 14.6 Å². The van der Waals surface area contributed by atoms with Crippen molar-refractivity contribution in [3.05, 3.63) is 83.9 Å². The van der Waals surface area contributed by atoms with Crippen molar-refractivity contribution in [3.63, 3.8) is 0 Å². The Morgan fingerprint density at radius 1 is 0.815 bits per heavy atom. The molecule has 2 aromatic rings. The zero-order valence-electron chi connectivity index (χ0n) is 16.5. The first-order valence-electron chi connectivity index (χ1n) is 9.73. The average molecular weight is 369 g/mol. The van der Waals surface area contributed by atoms with Crippen molar-refractivity contribution in [2.24, 2.45) is 11.8 Å². The molecule has 146 valence electrons. The summed E-state index contributed by atoms with van der Waals surface area (Å²) in [4.78, 5) is 0. The minimum atomic E-state index is -0.394. The molecule has 0 unspecified atom stereocenters. The van der Waals surface area contributed by atoms with Gasteiger partial charge in [0, 0.05) is 5.92 Å². The Morgan fingerprint density at radius 3 is 1.89 bits per heavy atom. The summed E-state index contributed by atoms with van der Waals surface area (Å²) >= 11 is 0. The molecule has 0 saturated carbocycles. The van der Waals surface area contributed by atoms with Crippen molar-refractivity contribution in [1.82, 2.24) is 0 Å². The van der Waals surface area contributed by atoms with Crippen LogP contribution < -0.4 is 0 Å². The fourth-order valence-electron chi connectivity index (χ4n) is 2.72. The smallest absolute Gasteiger partial charge is 0.0717 e. The van der Waals surface area contributed by atoms with E-state index in [0.29, 0.717) is 38.8 Å². The molecule has 3 atom stereocenters. The Kier molecular flexibility index (Phi) is 9.85. The van der Waals surface area contributed by atoms with Crippen LogP contribution in [0, 0.1) is 11.8 Å². The molecule has 0 saturated heterocycles. The van der Waals surface area contributed by atoms with Crippen molar-refractivity contribution >= 4 is 0 Å². The molecule has 1 N–H and O–H groups in total. The Balaban J connectivity index is 1.58. The van der Waals surface area contributed by atoms with Gasteiger partial charge in [-0.25, -0.2) is 0 Å². The standard InChI is InChI=1S/C24H32O3/c1-20(16-26-18-22-11-5-3-6-12-22)10-9-15-24(25)21(2)17-27-19-23-13-7-4-8-14-23/h3-14,20-21,24-25H,15-19H2,1-2H3/b10-9-/t20-,21+,24+/m1/s1. The lowest BCUT2D eigenvalue weighted by Crippen LogP contribution is -2.21. The van der Waals surface area contributed by atoms with Crippen LogP contribution in [0.4, 0.5) is 0 Å². The molecule has 0 amide bonds. The Morgan fingerprint density at radius 2 is 1.33 bits per heavy atom. The molecule has 0 aliphatic carbocycles. The van der Waals surface area contributed by atoms with Crippen LogP contribution in [0.3, 0.4) is 0 Å². The van der Waals surface area contributed by atoms with Gasteiger partial charge in [-0.2, -0.15) is 0 Å². The van der Waals surface area contributed by atoms with Crippen LogP contribution in [0.25, 0.3) is 0 Å². The van der Waals surface area contributed by atoms with E-state index in [9.17, 15) is 5.11 Å². The van der Waals surface area contributed by atoms with E-state index in [0.717, 1.165) is 5.56 Å². The number of benzene rings is 2. The monoisotopic (exact) mass is 368 g/mol. The maximum atomic E-state index is 10.3. The summed E-state index contributed by atoms with van der Waals surface area (Å²) in [5, 5.41) is 10.3. The SMILES string of the molecule is C[C@H](/C=C\C[C@H](O)[C@@H](C)COCc1ccccc1)COCc1ccccc1. The summed E-state index contributed by atoms with van der Waals surface area (Å²) in [5.41, 5.74) is 2.34. The lowest BCUT2D eigenvalue weighted by molar-refractivity contribution is 0.0301. The second-order valence-corrected chi connectivity index (χ2v) is 7.19.